The Kier molecular flexibility index (Phi) is 9.11. The fourth-order valence-electron chi connectivity index (χ4n) is 4.31. The molecule has 0 atom stereocenters. The summed E-state index contributed by atoms with van der Waals surface area (Å²) >= 11 is 1.36. The molecule has 0 aliphatic heterocycles. The van der Waals surface area contributed by atoms with Gasteiger partial charge in [0.1, 0.15) is 11.1 Å². The Morgan fingerprint density at radius 1 is 0.833 bits per heavy atom. The summed E-state index contributed by atoms with van der Waals surface area (Å²) in [5, 5.41) is 19.7. The molecule has 0 saturated carbocycles. The van der Waals surface area contributed by atoms with Crippen LogP contribution >= 0.6 is 11.3 Å². The fraction of sp³-hybridized carbons (Fsp3) is 0.273. The summed E-state index contributed by atoms with van der Waals surface area (Å²) in [5.41, 5.74) is 0.274. The molecule has 0 aliphatic rings. The molecule has 42 heavy (non-hydrogen) atoms. The van der Waals surface area contributed by atoms with Crippen LogP contribution in [0.3, 0.4) is 0 Å². The predicted octanol–water partition coefficient (Wildman–Crippen LogP) is 6.67. The first kappa shape index (κ1) is 30.5. The van der Waals surface area contributed by atoms with E-state index in [1.165, 1.54) is 25.2 Å². The zero-order valence-electron chi connectivity index (χ0n) is 24.3. The number of nitrogens with zero attached hydrogens (tertiary/aromatic N) is 2. The molecule has 0 bridgehead atoms. The standard InChI is InChI=1S/C33H35N3O5S/c1-31(2,3)40-29(39)32(4,5)41-36-27(28(37)38)21-26-22-42-30(34-26)35-33(23-15-9-6-10-16-23,24-17-11-7-12-18-24)25-19-13-8-14-20-25/h6-20,22H,21H2,1-5H3,(H,34,35)(H,37,38)/b36-27-. The van der Waals surface area contributed by atoms with Gasteiger partial charge < -0.3 is 20.0 Å². The number of carbonyl (C=O) groups excluding carboxylic acids is 1. The summed E-state index contributed by atoms with van der Waals surface area (Å²) in [5.74, 6) is -1.92. The van der Waals surface area contributed by atoms with Crippen LogP contribution in [-0.2, 0) is 31.1 Å². The largest absolute Gasteiger partial charge is 0.477 e. The van der Waals surface area contributed by atoms with E-state index in [4.69, 9.17) is 14.6 Å². The van der Waals surface area contributed by atoms with Crippen molar-refractivity contribution in [1.29, 1.82) is 0 Å². The van der Waals surface area contributed by atoms with Crippen LogP contribution in [-0.4, -0.2) is 38.9 Å². The molecule has 0 unspecified atom stereocenters. The van der Waals surface area contributed by atoms with Gasteiger partial charge in [-0.3, -0.25) is 0 Å². The minimum atomic E-state index is -1.48. The van der Waals surface area contributed by atoms with Gasteiger partial charge in [-0.05, 0) is 51.3 Å². The number of oxime groups is 1. The first-order valence-corrected chi connectivity index (χ1v) is 14.4. The van der Waals surface area contributed by atoms with Crippen molar-refractivity contribution in [2.24, 2.45) is 5.16 Å². The predicted molar refractivity (Wildman–Crippen MR) is 165 cm³/mol. The number of thiazole rings is 1. The lowest BCUT2D eigenvalue weighted by atomic mass is 9.77. The number of hydrogen-bond donors (Lipinski definition) is 2. The van der Waals surface area contributed by atoms with Gasteiger partial charge in [0.2, 0.25) is 5.60 Å². The lowest BCUT2D eigenvalue weighted by Crippen LogP contribution is -2.40. The van der Waals surface area contributed by atoms with E-state index in [1.807, 2.05) is 54.6 Å². The van der Waals surface area contributed by atoms with E-state index in [0.29, 0.717) is 10.8 Å². The monoisotopic (exact) mass is 585 g/mol. The number of anilines is 1. The van der Waals surface area contributed by atoms with E-state index in [2.05, 4.69) is 46.9 Å². The van der Waals surface area contributed by atoms with Crippen molar-refractivity contribution < 1.29 is 24.3 Å². The van der Waals surface area contributed by atoms with E-state index in [-0.39, 0.29) is 12.1 Å². The number of esters is 1. The molecule has 0 radical (unpaired) electrons. The highest BCUT2D eigenvalue weighted by Crippen LogP contribution is 2.40. The second kappa shape index (κ2) is 12.6. The number of ether oxygens (including phenoxy) is 1. The number of nitrogens with one attached hydrogen (secondary N) is 1. The molecule has 8 nitrogen and oxygen atoms in total. The topological polar surface area (TPSA) is 110 Å². The maximum Gasteiger partial charge on any atom is 0.354 e. The fourth-order valence-corrected chi connectivity index (χ4v) is 5.08. The van der Waals surface area contributed by atoms with Crippen molar-refractivity contribution >= 4 is 34.1 Å². The van der Waals surface area contributed by atoms with Crippen LogP contribution in [0, 0.1) is 0 Å². The molecule has 1 heterocycles. The highest BCUT2D eigenvalue weighted by molar-refractivity contribution is 7.13. The number of carboxylic acids is 1. The van der Waals surface area contributed by atoms with Crippen molar-refractivity contribution in [2.45, 2.75) is 57.8 Å². The minimum Gasteiger partial charge on any atom is -0.477 e. The van der Waals surface area contributed by atoms with E-state index >= 15 is 0 Å². The average Bonchev–Trinajstić information content (AvgIpc) is 3.41. The van der Waals surface area contributed by atoms with Crippen LogP contribution < -0.4 is 5.32 Å². The Morgan fingerprint density at radius 2 is 1.31 bits per heavy atom. The molecule has 218 valence electrons. The third-order valence-corrected chi connectivity index (χ3v) is 7.14. The van der Waals surface area contributed by atoms with Crippen molar-refractivity contribution in [3.05, 3.63) is 119 Å². The number of hydrogen-bond acceptors (Lipinski definition) is 8. The number of benzene rings is 3. The molecule has 4 aromatic rings. The number of aromatic nitrogens is 1. The molecule has 4 rings (SSSR count). The molecule has 3 aromatic carbocycles. The Labute approximate surface area is 250 Å². The lowest BCUT2D eigenvalue weighted by Gasteiger charge is -2.36. The maximum atomic E-state index is 12.5. The van der Waals surface area contributed by atoms with Gasteiger partial charge in [0.05, 0.1) is 5.69 Å². The van der Waals surface area contributed by atoms with Gasteiger partial charge in [-0.2, -0.15) is 0 Å². The van der Waals surface area contributed by atoms with Gasteiger partial charge in [-0.15, -0.1) is 11.3 Å². The van der Waals surface area contributed by atoms with Gasteiger partial charge in [-0.25, -0.2) is 14.6 Å². The molecule has 0 saturated heterocycles. The Morgan fingerprint density at radius 3 is 1.74 bits per heavy atom. The second-order valence-corrected chi connectivity index (χ2v) is 12.1. The van der Waals surface area contributed by atoms with Crippen LogP contribution in [0.4, 0.5) is 5.13 Å². The molecule has 1 aromatic heterocycles. The van der Waals surface area contributed by atoms with Crippen LogP contribution in [0.5, 0.6) is 0 Å². The summed E-state index contributed by atoms with van der Waals surface area (Å²) in [6.07, 6.45) is -0.104. The summed E-state index contributed by atoms with van der Waals surface area (Å²) in [4.78, 5) is 34.7. The first-order valence-electron chi connectivity index (χ1n) is 13.5. The molecule has 0 fully saturated rings. The van der Waals surface area contributed by atoms with E-state index < -0.39 is 28.7 Å². The van der Waals surface area contributed by atoms with Crippen molar-refractivity contribution in [3.8, 4) is 0 Å². The number of aliphatic carboxylic acids is 1. The van der Waals surface area contributed by atoms with Crippen LogP contribution in [0.15, 0.2) is 102 Å². The molecular formula is C33H35N3O5S. The van der Waals surface area contributed by atoms with E-state index in [9.17, 15) is 14.7 Å². The van der Waals surface area contributed by atoms with Gasteiger partial charge in [-0.1, -0.05) is 96.2 Å². The van der Waals surface area contributed by atoms with Crippen molar-refractivity contribution in [2.75, 3.05) is 5.32 Å². The SMILES string of the molecule is CC(C)(C)OC(=O)C(C)(C)O/N=C(/Cc1csc(NC(c2ccccc2)(c2ccccc2)c2ccccc2)n1)C(=O)O. The van der Waals surface area contributed by atoms with Crippen LogP contribution in [0.2, 0.25) is 0 Å². The Balaban J connectivity index is 1.66. The molecular weight excluding hydrogens is 550 g/mol. The summed E-state index contributed by atoms with van der Waals surface area (Å²) in [6.45, 7) is 8.17. The van der Waals surface area contributed by atoms with Gasteiger partial charge in [0, 0.05) is 11.8 Å². The summed E-state index contributed by atoms with van der Waals surface area (Å²) in [7, 11) is 0. The normalized spacial score (nSPS) is 12.5. The van der Waals surface area contributed by atoms with Crippen LogP contribution in [0.1, 0.15) is 57.0 Å². The third kappa shape index (κ3) is 7.22. The van der Waals surface area contributed by atoms with Gasteiger partial charge in [0.25, 0.3) is 0 Å². The second-order valence-electron chi connectivity index (χ2n) is 11.2. The maximum absolute atomic E-state index is 12.5. The minimum absolute atomic E-state index is 0.104. The molecule has 0 aliphatic carbocycles. The van der Waals surface area contributed by atoms with Gasteiger partial charge >= 0.3 is 11.9 Å². The van der Waals surface area contributed by atoms with Crippen molar-refractivity contribution in [3.63, 3.8) is 0 Å². The molecule has 2 N–H and O–H groups in total. The highest BCUT2D eigenvalue weighted by Gasteiger charge is 2.38. The lowest BCUT2D eigenvalue weighted by molar-refractivity contribution is -0.179. The zero-order chi connectivity index (χ0) is 30.4. The van der Waals surface area contributed by atoms with Gasteiger partial charge in [0.15, 0.2) is 10.8 Å². The van der Waals surface area contributed by atoms with E-state index in [0.717, 1.165) is 16.7 Å². The number of carbonyl (C=O) groups is 2. The Bertz CT molecular complexity index is 1430. The highest BCUT2D eigenvalue weighted by atomic mass is 32.1. The van der Waals surface area contributed by atoms with Crippen molar-refractivity contribution in [1.82, 2.24) is 4.98 Å². The van der Waals surface area contributed by atoms with E-state index in [1.54, 1.807) is 26.2 Å². The Hall–Kier alpha value is -4.50. The third-order valence-electron chi connectivity index (χ3n) is 6.34. The van der Waals surface area contributed by atoms with Crippen LogP contribution in [0.25, 0.3) is 0 Å². The number of rotatable bonds is 11. The zero-order valence-corrected chi connectivity index (χ0v) is 25.1. The molecule has 9 heteroatoms. The summed E-state index contributed by atoms with van der Waals surface area (Å²) < 4.78 is 5.37. The molecule has 0 amide bonds. The first-order chi connectivity index (χ1) is 19.9. The molecule has 0 spiro atoms. The smallest absolute Gasteiger partial charge is 0.354 e. The average molecular weight is 586 g/mol. The number of carboxylic acid groups (broad SMARTS) is 1. The summed E-state index contributed by atoms with van der Waals surface area (Å²) in [6, 6.07) is 30.3. The quantitative estimate of drug-likeness (QED) is 0.0876.